The molecule has 0 saturated heterocycles. The van der Waals surface area contributed by atoms with Gasteiger partial charge in [0.1, 0.15) is 5.69 Å². The first-order valence-corrected chi connectivity index (χ1v) is 6.67. The van der Waals surface area contributed by atoms with Crippen LogP contribution >= 0.6 is 0 Å². The number of carbonyl (C=O) groups is 1. The highest BCUT2D eigenvalue weighted by Gasteiger charge is 2.24. The van der Waals surface area contributed by atoms with Crippen LogP contribution in [0.3, 0.4) is 0 Å². The Morgan fingerprint density at radius 2 is 2.14 bits per heavy atom. The molecule has 116 valence electrons. The molecule has 0 heterocycles. The van der Waals surface area contributed by atoms with E-state index in [4.69, 9.17) is 5.73 Å². The van der Waals surface area contributed by atoms with Crippen molar-refractivity contribution >= 4 is 17.3 Å². The lowest BCUT2D eigenvalue weighted by Gasteiger charge is -2.26. The number of rotatable bonds is 7. The van der Waals surface area contributed by atoms with Gasteiger partial charge in [-0.05, 0) is 31.4 Å². The summed E-state index contributed by atoms with van der Waals surface area (Å²) in [5.74, 6) is -0.425. The molecule has 4 N–H and O–H groups in total. The highest BCUT2D eigenvalue weighted by atomic mass is 16.6. The Labute approximate surface area is 123 Å². The van der Waals surface area contributed by atoms with Gasteiger partial charge in [0.15, 0.2) is 0 Å². The van der Waals surface area contributed by atoms with E-state index in [1.54, 1.807) is 6.92 Å². The lowest BCUT2D eigenvalue weighted by atomic mass is 9.94. The Balaban J connectivity index is 2.93. The van der Waals surface area contributed by atoms with Crippen LogP contribution in [0.5, 0.6) is 0 Å². The number of nitro benzene ring substituents is 1. The van der Waals surface area contributed by atoms with Crippen molar-refractivity contribution in [2.45, 2.75) is 32.8 Å². The normalized spacial score (nSPS) is 13.8. The van der Waals surface area contributed by atoms with Crippen LogP contribution in [0, 0.1) is 16.0 Å². The maximum atomic E-state index is 11.1. The van der Waals surface area contributed by atoms with Crippen LogP contribution in [0.4, 0.5) is 11.4 Å². The quantitative estimate of drug-likeness (QED) is 0.524. The molecule has 0 aliphatic heterocycles. The van der Waals surface area contributed by atoms with E-state index in [0.717, 1.165) is 6.07 Å². The molecule has 21 heavy (non-hydrogen) atoms. The van der Waals surface area contributed by atoms with Crippen molar-refractivity contribution < 1.29 is 14.8 Å². The van der Waals surface area contributed by atoms with Crippen molar-refractivity contribution in [3.05, 3.63) is 33.9 Å². The number of nitrogens with zero attached hydrogens (tertiary/aromatic N) is 1. The van der Waals surface area contributed by atoms with Crippen molar-refractivity contribution in [3.8, 4) is 0 Å². The minimum atomic E-state index is -0.982. The summed E-state index contributed by atoms with van der Waals surface area (Å²) in [6.07, 6.45) is 0.563. The van der Waals surface area contributed by atoms with Crippen molar-refractivity contribution in [3.63, 3.8) is 0 Å². The van der Waals surface area contributed by atoms with Gasteiger partial charge in [0.2, 0.25) is 5.91 Å². The number of anilines is 1. The summed E-state index contributed by atoms with van der Waals surface area (Å²) in [5.41, 5.74) is 4.20. The fourth-order valence-electron chi connectivity index (χ4n) is 2.22. The van der Waals surface area contributed by atoms with Gasteiger partial charge in [0.05, 0.1) is 10.5 Å². The first-order chi connectivity index (χ1) is 9.62. The topological polar surface area (TPSA) is 118 Å². The maximum absolute atomic E-state index is 11.1. The molecule has 0 aromatic heterocycles. The van der Waals surface area contributed by atoms with Gasteiger partial charge in [0, 0.05) is 18.2 Å². The van der Waals surface area contributed by atoms with E-state index < -0.39 is 16.4 Å². The molecule has 1 aromatic carbocycles. The average Bonchev–Trinajstić information content (AvgIpc) is 2.34. The predicted octanol–water partition coefficient (Wildman–Crippen LogP) is 1.90. The lowest BCUT2D eigenvalue weighted by Crippen LogP contribution is -2.35. The molecule has 1 amide bonds. The number of hydrogen-bond acceptors (Lipinski definition) is 5. The maximum Gasteiger partial charge on any atom is 0.293 e. The van der Waals surface area contributed by atoms with Gasteiger partial charge >= 0.3 is 0 Å². The van der Waals surface area contributed by atoms with E-state index >= 15 is 0 Å². The largest absolute Gasteiger partial charge is 0.388 e. The second kappa shape index (κ2) is 6.53. The SMILES string of the molecule is CC(C)CC(C)(O)CNc1ccc(C(N)=O)cc1[N+](=O)[O-]. The molecule has 7 heteroatoms. The number of primary amides is 1. The van der Waals surface area contributed by atoms with Gasteiger partial charge in [-0.2, -0.15) is 0 Å². The molecule has 0 saturated carbocycles. The number of nitrogens with two attached hydrogens (primary N) is 1. The van der Waals surface area contributed by atoms with Crippen molar-refractivity contribution in [2.24, 2.45) is 11.7 Å². The van der Waals surface area contributed by atoms with Gasteiger partial charge in [-0.3, -0.25) is 14.9 Å². The number of aliphatic hydroxyl groups is 1. The molecule has 0 aliphatic rings. The van der Waals surface area contributed by atoms with Crippen LogP contribution in [0.15, 0.2) is 18.2 Å². The third kappa shape index (κ3) is 5.03. The summed E-state index contributed by atoms with van der Waals surface area (Å²) in [7, 11) is 0. The molecule has 0 spiro atoms. The zero-order chi connectivity index (χ0) is 16.2. The third-order valence-corrected chi connectivity index (χ3v) is 2.99. The Bertz CT molecular complexity index is 541. The fourth-order valence-corrected chi connectivity index (χ4v) is 2.22. The molecule has 1 rings (SSSR count). The highest BCUT2D eigenvalue weighted by Crippen LogP contribution is 2.27. The molecule has 0 bridgehead atoms. The molecule has 0 fully saturated rings. The first kappa shape index (κ1) is 16.9. The minimum Gasteiger partial charge on any atom is -0.388 e. The van der Waals surface area contributed by atoms with Crippen LogP contribution in [-0.4, -0.2) is 28.1 Å². The lowest BCUT2D eigenvalue weighted by molar-refractivity contribution is -0.384. The first-order valence-electron chi connectivity index (χ1n) is 6.67. The van der Waals surface area contributed by atoms with Crippen LogP contribution in [0.1, 0.15) is 37.6 Å². The van der Waals surface area contributed by atoms with Gasteiger partial charge in [-0.1, -0.05) is 13.8 Å². The number of nitro groups is 1. The number of benzene rings is 1. The Morgan fingerprint density at radius 3 is 2.62 bits per heavy atom. The predicted molar refractivity (Wildman–Crippen MR) is 80.2 cm³/mol. The Morgan fingerprint density at radius 1 is 1.52 bits per heavy atom. The van der Waals surface area contributed by atoms with Crippen LogP contribution in [0.25, 0.3) is 0 Å². The molecular weight excluding hydrogens is 274 g/mol. The Kier molecular flexibility index (Phi) is 5.26. The van der Waals surface area contributed by atoms with E-state index in [-0.39, 0.29) is 23.5 Å². The summed E-state index contributed by atoms with van der Waals surface area (Å²) in [4.78, 5) is 21.5. The molecule has 1 aromatic rings. The minimum absolute atomic E-state index is 0.0705. The number of carbonyl (C=O) groups excluding carboxylic acids is 1. The van der Waals surface area contributed by atoms with Crippen molar-refractivity contribution in [1.82, 2.24) is 0 Å². The molecule has 7 nitrogen and oxygen atoms in total. The van der Waals surface area contributed by atoms with E-state index in [1.165, 1.54) is 12.1 Å². The standard InChI is InChI=1S/C14H21N3O4/c1-9(2)7-14(3,19)8-16-11-5-4-10(13(15)18)6-12(11)17(20)21/h4-6,9,16,19H,7-8H2,1-3H3,(H2,15,18). The summed E-state index contributed by atoms with van der Waals surface area (Å²) in [6.45, 7) is 5.81. The van der Waals surface area contributed by atoms with Crippen LogP contribution in [-0.2, 0) is 0 Å². The van der Waals surface area contributed by atoms with E-state index in [1.807, 2.05) is 13.8 Å². The summed E-state index contributed by atoms with van der Waals surface area (Å²) in [5, 5.41) is 24.1. The smallest absolute Gasteiger partial charge is 0.293 e. The second-order valence-corrected chi connectivity index (χ2v) is 5.80. The summed E-state index contributed by atoms with van der Waals surface area (Å²) in [6, 6.07) is 3.96. The second-order valence-electron chi connectivity index (χ2n) is 5.80. The number of hydrogen-bond donors (Lipinski definition) is 3. The number of amides is 1. The summed E-state index contributed by atoms with van der Waals surface area (Å²) < 4.78 is 0. The Hall–Kier alpha value is -2.15. The van der Waals surface area contributed by atoms with Gasteiger partial charge in [-0.25, -0.2) is 0 Å². The summed E-state index contributed by atoms with van der Waals surface area (Å²) >= 11 is 0. The third-order valence-electron chi connectivity index (χ3n) is 2.99. The van der Waals surface area contributed by atoms with E-state index in [0.29, 0.717) is 12.3 Å². The molecular formula is C14H21N3O4. The van der Waals surface area contributed by atoms with Crippen LogP contribution < -0.4 is 11.1 Å². The van der Waals surface area contributed by atoms with E-state index in [9.17, 15) is 20.0 Å². The van der Waals surface area contributed by atoms with Crippen molar-refractivity contribution in [1.29, 1.82) is 0 Å². The molecule has 0 radical (unpaired) electrons. The van der Waals surface area contributed by atoms with Gasteiger partial charge in [0.25, 0.3) is 5.69 Å². The monoisotopic (exact) mass is 295 g/mol. The molecule has 1 atom stereocenters. The number of nitrogens with one attached hydrogen (secondary N) is 1. The zero-order valence-corrected chi connectivity index (χ0v) is 12.4. The van der Waals surface area contributed by atoms with E-state index in [2.05, 4.69) is 5.32 Å². The van der Waals surface area contributed by atoms with Crippen LogP contribution in [0.2, 0.25) is 0 Å². The van der Waals surface area contributed by atoms with Gasteiger partial charge in [-0.15, -0.1) is 0 Å². The highest BCUT2D eigenvalue weighted by molar-refractivity contribution is 5.94. The molecule has 0 aliphatic carbocycles. The fraction of sp³-hybridized carbons (Fsp3) is 0.500. The zero-order valence-electron chi connectivity index (χ0n) is 12.4. The van der Waals surface area contributed by atoms with Crippen molar-refractivity contribution in [2.75, 3.05) is 11.9 Å². The van der Waals surface area contributed by atoms with Gasteiger partial charge < -0.3 is 16.2 Å². The molecule has 1 unspecified atom stereocenters. The average molecular weight is 295 g/mol.